The topological polar surface area (TPSA) is 46.2 Å². The normalized spacial score (nSPS) is 19.5. The van der Waals surface area contributed by atoms with E-state index in [1.54, 1.807) is 20.8 Å². The number of rotatable bonds is 5. The minimum Gasteiger partial charge on any atom is -0.315 e. The molecule has 0 aromatic heterocycles. The average Bonchev–Trinajstić information content (AvgIpc) is 2.24. The van der Waals surface area contributed by atoms with E-state index < -0.39 is 14.6 Å². The molecule has 0 aromatic rings. The lowest BCUT2D eigenvalue weighted by atomic mass is 9.89. The third-order valence-electron chi connectivity index (χ3n) is 3.64. The number of hydrogen-bond donors (Lipinski definition) is 1. The molecule has 0 saturated heterocycles. The van der Waals surface area contributed by atoms with E-state index >= 15 is 0 Å². The maximum atomic E-state index is 11.9. The van der Waals surface area contributed by atoms with Gasteiger partial charge in [-0.2, -0.15) is 0 Å². The molecule has 0 radical (unpaired) electrons. The van der Waals surface area contributed by atoms with Crippen LogP contribution in [0.4, 0.5) is 0 Å². The highest BCUT2D eigenvalue weighted by Gasteiger charge is 2.28. The smallest absolute Gasteiger partial charge is 0.156 e. The second-order valence-electron chi connectivity index (χ2n) is 6.14. The quantitative estimate of drug-likeness (QED) is 0.773. The summed E-state index contributed by atoms with van der Waals surface area (Å²) < 4.78 is 23.1. The summed E-state index contributed by atoms with van der Waals surface area (Å²) >= 11 is 0. The molecule has 0 aliphatic heterocycles. The lowest BCUT2D eigenvalue weighted by Crippen LogP contribution is -2.36. The van der Waals surface area contributed by atoms with Gasteiger partial charge in [-0.05, 0) is 46.1 Å². The van der Waals surface area contributed by atoms with Crippen LogP contribution in [0.25, 0.3) is 0 Å². The van der Waals surface area contributed by atoms with Crippen LogP contribution in [0.5, 0.6) is 0 Å². The van der Waals surface area contributed by atoms with Crippen molar-refractivity contribution in [1.82, 2.24) is 5.32 Å². The number of hydrogen-bond acceptors (Lipinski definition) is 3. The zero-order chi connectivity index (χ0) is 12.9. The summed E-state index contributed by atoms with van der Waals surface area (Å²) in [6, 6.07) is 0. The molecule has 17 heavy (non-hydrogen) atoms. The minimum atomic E-state index is -2.96. The van der Waals surface area contributed by atoms with Crippen molar-refractivity contribution in [3.8, 4) is 0 Å². The fourth-order valence-electron chi connectivity index (χ4n) is 2.21. The van der Waals surface area contributed by atoms with Crippen LogP contribution in [0.15, 0.2) is 0 Å². The van der Waals surface area contributed by atoms with Crippen molar-refractivity contribution < 1.29 is 8.42 Å². The molecule has 0 heterocycles. The maximum absolute atomic E-state index is 11.9. The Bertz CT molecular complexity index is 311. The molecule has 1 fully saturated rings. The second-order valence-corrected chi connectivity index (χ2v) is 9.00. The van der Waals surface area contributed by atoms with Crippen molar-refractivity contribution in [1.29, 1.82) is 0 Å². The van der Waals surface area contributed by atoms with Gasteiger partial charge in [-0.1, -0.05) is 19.3 Å². The van der Waals surface area contributed by atoms with E-state index in [-0.39, 0.29) is 5.75 Å². The SMILES string of the molecule is CC(C)(C)S(=O)(=O)CCNCC1CCCCC1. The third kappa shape index (κ3) is 4.96. The van der Waals surface area contributed by atoms with Crippen molar-refractivity contribution in [2.75, 3.05) is 18.8 Å². The summed E-state index contributed by atoms with van der Waals surface area (Å²) in [6.07, 6.45) is 6.66. The van der Waals surface area contributed by atoms with Crippen LogP contribution in [0, 0.1) is 5.92 Å². The lowest BCUT2D eigenvalue weighted by Gasteiger charge is -2.23. The van der Waals surface area contributed by atoms with E-state index in [0.717, 1.165) is 12.5 Å². The van der Waals surface area contributed by atoms with Crippen LogP contribution in [-0.2, 0) is 9.84 Å². The van der Waals surface area contributed by atoms with Gasteiger partial charge in [0.1, 0.15) is 0 Å². The van der Waals surface area contributed by atoms with Crippen molar-refractivity contribution in [3.05, 3.63) is 0 Å². The molecular formula is C13H27NO2S. The molecule has 0 amide bonds. The van der Waals surface area contributed by atoms with Gasteiger partial charge in [0, 0.05) is 6.54 Å². The predicted octanol–water partition coefficient (Wildman–Crippen LogP) is 2.37. The molecule has 0 spiro atoms. The monoisotopic (exact) mass is 261 g/mol. The summed E-state index contributed by atoms with van der Waals surface area (Å²) in [4.78, 5) is 0. The van der Waals surface area contributed by atoms with Gasteiger partial charge in [0.25, 0.3) is 0 Å². The van der Waals surface area contributed by atoms with Gasteiger partial charge >= 0.3 is 0 Å². The van der Waals surface area contributed by atoms with Gasteiger partial charge in [0.2, 0.25) is 0 Å². The highest BCUT2D eigenvalue weighted by atomic mass is 32.2. The fraction of sp³-hybridized carbons (Fsp3) is 1.00. The molecule has 1 aliphatic rings. The van der Waals surface area contributed by atoms with Gasteiger partial charge in [-0.25, -0.2) is 8.42 Å². The van der Waals surface area contributed by atoms with Crippen molar-refractivity contribution in [2.45, 2.75) is 57.6 Å². The summed E-state index contributed by atoms with van der Waals surface area (Å²) in [5.74, 6) is 1.02. The Morgan fingerprint density at radius 2 is 1.71 bits per heavy atom. The first-order chi connectivity index (χ1) is 7.83. The first-order valence-electron chi connectivity index (χ1n) is 6.76. The standard InChI is InChI=1S/C13H27NO2S/c1-13(2,3)17(15,16)10-9-14-11-12-7-5-4-6-8-12/h12,14H,4-11H2,1-3H3. The van der Waals surface area contributed by atoms with Crippen LogP contribution in [-0.4, -0.2) is 32.0 Å². The largest absolute Gasteiger partial charge is 0.315 e. The van der Waals surface area contributed by atoms with E-state index in [0.29, 0.717) is 6.54 Å². The van der Waals surface area contributed by atoms with Crippen molar-refractivity contribution in [2.24, 2.45) is 5.92 Å². The van der Waals surface area contributed by atoms with Gasteiger partial charge in [0.15, 0.2) is 9.84 Å². The van der Waals surface area contributed by atoms with Crippen LogP contribution in [0.3, 0.4) is 0 Å². The zero-order valence-corrected chi connectivity index (χ0v) is 12.3. The molecule has 4 heteroatoms. The molecular weight excluding hydrogens is 234 g/mol. The van der Waals surface area contributed by atoms with Crippen LogP contribution >= 0.6 is 0 Å². The molecule has 1 saturated carbocycles. The molecule has 0 unspecified atom stereocenters. The first-order valence-corrected chi connectivity index (χ1v) is 8.41. The Hall–Kier alpha value is -0.0900. The molecule has 0 aromatic carbocycles. The molecule has 3 nitrogen and oxygen atoms in total. The zero-order valence-electron chi connectivity index (χ0n) is 11.5. The van der Waals surface area contributed by atoms with E-state index in [1.165, 1.54) is 32.1 Å². The van der Waals surface area contributed by atoms with E-state index in [1.807, 2.05) is 0 Å². The lowest BCUT2D eigenvalue weighted by molar-refractivity contribution is 0.345. The number of nitrogens with one attached hydrogen (secondary N) is 1. The second kappa shape index (κ2) is 6.19. The Kier molecular flexibility index (Phi) is 5.45. The molecule has 1 N–H and O–H groups in total. The maximum Gasteiger partial charge on any atom is 0.156 e. The predicted molar refractivity (Wildman–Crippen MR) is 73.0 cm³/mol. The third-order valence-corrected chi connectivity index (χ3v) is 6.25. The van der Waals surface area contributed by atoms with Crippen molar-refractivity contribution in [3.63, 3.8) is 0 Å². The Balaban J connectivity index is 2.19. The van der Waals surface area contributed by atoms with Crippen LogP contribution < -0.4 is 5.32 Å². The minimum absolute atomic E-state index is 0.253. The highest BCUT2D eigenvalue weighted by Crippen LogP contribution is 2.22. The summed E-state index contributed by atoms with van der Waals surface area (Å²) in [7, 11) is -2.96. The average molecular weight is 261 g/mol. The molecule has 1 aliphatic carbocycles. The number of sulfone groups is 1. The van der Waals surface area contributed by atoms with Gasteiger partial charge in [-0.3, -0.25) is 0 Å². The Morgan fingerprint density at radius 1 is 1.12 bits per heavy atom. The Labute approximate surface area is 106 Å². The molecule has 102 valence electrons. The Morgan fingerprint density at radius 3 is 2.24 bits per heavy atom. The fourth-order valence-corrected chi connectivity index (χ4v) is 3.24. The van der Waals surface area contributed by atoms with E-state index in [9.17, 15) is 8.42 Å². The van der Waals surface area contributed by atoms with E-state index in [2.05, 4.69) is 5.32 Å². The van der Waals surface area contributed by atoms with Crippen molar-refractivity contribution >= 4 is 9.84 Å². The molecule has 0 atom stereocenters. The van der Waals surface area contributed by atoms with Crippen LogP contribution in [0.1, 0.15) is 52.9 Å². The highest BCUT2D eigenvalue weighted by molar-refractivity contribution is 7.92. The summed E-state index contributed by atoms with van der Waals surface area (Å²) in [5.41, 5.74) is 0. The first kappa shape index (κ1) is 15.0. The molecule has 0 bridgehead atoms. The van der Waals surface area contributed by atoms with Gasteiger partial charge in [-0.15, -0.1) is 0 Å². The van der Waals surface area contributed by atoms with E-state index in [4.69, 9.17) is 0 Å². The van der Waals surface area contributed by atoms with Gasteiger partial charge < -0.3 is 5.32 Å². The summed E-state index contributed by atoms with van der Waals surface area (Å²) in [5, 5.41) is 3.30. The van der Waals surface area contributed by atoms with Crippen LogP contribution in [0.2, 0.25) is 0 Å². The molecule has 1 rings (SSSR count). The summed E-state index contributed by atoms with van der Waals surface area (Å²) in [6.45, 7) is 6.88. The van der Waals surface area contributed by atoms with Gasteiger partial charge in [0.05, 0.1) is 10.5 Å².